The lowest BCUT2D eigenvalue weighted by Crippen LogP contribution is -2.18. The van der Waals surface area contributed by atoms with E-state index in [9.17, 15) is 0 Å². The van der Waals surface area contributed by atoms with Crippen LogP contribution in [0.3, 0.4) is 0 Å². The van der Waals surface area contributed by atoms with Gasteiger partial charge in [-0.05, 0) is 99.8 Å². The minimum Gasteiger partial charge on any atom is -0.456 e. The monoisotopic (exact) mass is 682 g/mol. The molecule has 252 valence electrons. The zero-order valence-corrected chi connectivity index (χ0v) is 29.4. The topological polar surface area (TPSA) is 28.9 Å². The second-order valence-corrected chi connectivity index (χ2v) is 14.6. The third kappa shape index (κ3) is 4.49. The highest BCUT2D eigenvalue weighted by Crippen LogP contribution is 2.54. The third-order valence-corrected chi connectivity index (χ3v) is 11.2. The van der Waals surface area contributed by atoms with Gasteiger partial charge in [-0.3, -0.25) is 0 Å². The van der Waals surface area contributed by atoms with E-state index in [0.29, 0.717) is 0 Å². The van der Waals surface area contributed by atoms with Gasteiger partial charge in [0.2, 0.25) is 0 Å². The molecule has 0 amide bonds. The first-order valence-corrected chi connectivity index (χ1v) is 18.2. The van der Waals surface area contributed by atoms with Crippen LogP contribution < -0.4 is 14.5 Å². The summed E-state index contributed by atoms with van der Waals surface area (Å²) in [5, 5.41) is 4.63. The molecule has 9 aromatic rings. The Labute approximate surface area is 307 Å². The van der Waals surface area contributed by atoms with Crippen LogP contribution in [0.5, 0.6) is 11.5 Å². The van der Waals surface area contributed by atoms with E-state index < -0.39 is 0 Å². The van der Waals surface area contributed by atoms with Gasteiger partial charge in [-0.1, -0.05) is 105 Å². The molecule has 4 heteroatoms. The lowest BCUT2D eigenvalue weighted by Gasteiger charge is -2.34. The molecular weight excluding hydrogens is 649 g/mol. The number of ether oxygens (including phenoxy) is 1. The molecule has 0 N–H and O–H groups in total. The molecule has 2 aliphatic rings. The van der Waals surface area contributed by atoms with Crippen LogP contribution in [0.1, 0.15) is 25.0 Å². The molecule has 1 aliphatic carbocycles. The summed E-state index contributed by atoms with van der Waals surface area (Å²) in [6.45, 7) is 4.67. The number of nitrogens with zero attached hydrogens (tertiary/aromatic N) is 2. The number of hydrogen-bond acceptors (Lipinski definition) is 4. The summed E-state index contributed by atoms with van der Waals surface area (Å²) >= 11 is 0. The molecule has 2 heterocycles. The van der Waals surface area contributed by atoms with E-state index in [0.717, 1.165) is 67.6 Å². The normalized spacial score (nSPS) is 13.7. The maximum absolute atomic E-state index is 6.76. The van der Waals surface area contributed by atoms with Gasteiger partial charge in [-0.15, -0.1) is 0 Å². The van der Waals surface area contributed by atoms with E-state index in [1.807, 2.05) is 24.3 Å². The number of furan rings is 1. The van der Waals surface area contributed by atoms with Gasteiger partial charge in [0.15, 0.2) is 11.5 Å². The van der Waals surface area contributed by atoms with Crippen molar-refractivity contribution in [2.75, 3.05) is 9.80 Å². The molecule has 1 aliphatic heterocycles. The van der Waals surface area contributed by atoms with Gasteiger partial charge in [0.05, 0.1) is 17.1 Å². The Hall–Kier alpha value is -6.78. The van der Waals surface area contributed by atoms with Crippen molar-refractivity contribution in [3.63, 3.8) is 0 Å². The summed E-state index contributed by atoms with van der Waals surface area (Å²) in [4.78, 5) is 4.64. The first-order valence-electron chi connectivity index (χ1n) is 18.2. The smallest absolute Gasteiger partial charge is 0.153 e. The van der Waals surface area contributed by atoms with Crippen LogP contribution in [-0.2, 0) is 5.41 Å². The van der Waals surface area contributed by atoms with E-state index in [-0.39, 0.29) is 5.41 Å². The minimum absolute atomic E-state index is 0.124. The summed E-state index contributed by atoms with van der Waals surface area (Å²) in [6.07, 6.45) is 0. The third-order valence-electron chi connectivity index (χ3n) is 11.2. The average Bonchev–Trinajstić information content (AvgIpc) is 3.68. The van der Waals surface area contributed by atoms with Crippen molar-refractivity contribution in [3.8, 4) is 22.6 Å². The predicted octanol–water partition coefficient (Wildman–Crippen LogP) is 14.1. The van der Waals surface area contributed by atoms with Crippen molar-refractivity contribution in [3.05, 3.63) is 181 Å². The largest absolute Gasteiger partial charge is 0.456 e. The molecule has 0 saturated heterocycles. The molecule has 0 saturated carbocycles. The molecule has 0 fully saturated rings. The summed E-state index contributed by atoms with van der Waals surface area (Å²) in [5.41, 5.74) is 13.1. The maximum atomic E-state index is 6.76. The van der Waals surface area contributed by atoms with Crippen molar-refractivity contribution >= 4 is 66.8 Å². The van der Waals surface area contributed by atoms with Crippen molar-refractivity contribution < 1.29 is 9.15 Å². The lowest BCUT2D eigenvalue weighted by atomic mass is 9.82. The predicted molar refractivity (Wildman–Crippen MR) is 218 cm³/mol. The van der Waals surface area contributed by atoms with Crippen molar-refractivity contribution in [2.24, 2.45) is 0 Å². The van der Waals surface area contributed by atoms with Gasteiger partial charge in [-0.25, -0.2) is 0 Å². The highest BCUT2D eigenvalue weighted by molar-refractivity contribution is 6.06. The average molecular weight is 683 g/mol. The first-order chi connectivity index (χ1) is 26.0. The molecule has 0 spiro atoms. The van der Waals surface area contributed by atoms with Crippen LogP contribution >= 0.6 is 0 Å². The van der Waals surface area contributed by atoms with Gasteiger partial charge in [0.1, 0.15) is 11.2 Å². The van der Waals surface area contributed by atoms with Gasteiger partial charge < -0.3 is 19.0 Å². The molecular formula is C49H34N2O2. The SMILES string of the molecule is CC1(C)c2ccccc2-c2ccc(N(c3ccc4c(c3)Oc3ccccc3N4c3ccc4c(c3)oc3ccccc34)c3ccc4ccccc4c3)cc21. The van der Waals surface area contributed by atoms with Gasteiger partial charge >= 0.3 is 0 Å². The van der Waals surface area contributed by atoms with Crippen LogP contribution in [0.15, 0.2) is 174 Å². The zero-order valence-electron chi connectivity index (χ0n) is 29.4. The molecule has 0 radical (unpaired) electrons. The van der Waals surface area contributed by atoms with Crippen LogP contribution in [0.2, 0.25) is 0 Å². The molecule has 8 aromatic carbocycles. The Morgan fingerprint density at radius 1 is 0.472 bits per heavy atom. The van der Waals surface area contributed by atoms with Gasteiger partial charge in [-0.2, -0.15) is 0 Å². The molecule has 0 atom stereocenters. The van der Waals surface area contributed by atoms with Crippen LogP contribution in [-0.4, -0.2) is 0 Å². The summed E-state index contributed by atoms with van der Waals surface area (Å²) < 4.78 is 13.1. The van der Waals surface area contributed by atoms with Crippen molar-refractivity contribution in [1.29, 1.82) is 0 Å². The Balaban J connectivity index is 1.08. The van der Waals surface area contributed by atoms with Crippen molar-refractivity contribution in [2.45, 2.75) is 19.3 Å². The van der Waals surface area contributed by atoms with Crippen molar-refractivity contribution in [1.82, 2.24) is 0 Å². The Morgan fingerprint density at radius 3 is 2.09 bits per heavy atom. The second-order valence-electron chi connectivity index (χ2n) is 14.6. The highest BCUT2D eigenvalue weighted by atomic mass is 16.5. The van der Waals surface area contributed by atoms with E-state index >= 15 is 0 Å². The van der Waals surface area contributed by atoms with Gasteiger partial charge in [0, 0.05) is 45.4 Å². The number of benzene rings is 8. The molecule has 0 bridgehead atoms. The highest BCUT2D eigenvalue weighted by Gasteiger charge is 2.36. The number of fused-ring (bicyclic) bond motifs is 9. The number of hydrogen-bond donors (Lipinski definition) is 0. The molecule has 1 aromatic heterocycles. The Kier molecular flexibility index (Phi) is 6.27. The zero-order chi connectivity index (χ0) is 35.3. The summed E-state index contributed by atoms with van der Waals surface area (Å²) in [5.74, 6) is 1.58. The number of anilines is 6. The number of rotatable bonds is 4. The van der Waals surface area contributed by atoms with Crippen LogP contribution in [0.25, 0.3) is 43.8 Å². The quantitative estimate of drug-likeness (QED) is 0.185. The lowest BCUT2D eigenvalue weighted by molar-refractivity contribution is 0.477. The van der Waals surface area contributed by atoms with E-state index in [1.165, 1.54) is 33.0 Å². The maximum Gasteiger partial charge on any atom is 0.153 e. The van der Waals surface area contributed by atoms with Crippen LogP contribution in [0, 0.1) is 0 Å². The first kappa shape index (κ1) is 29.9. The fourth-order valence-corrected chi connectivity index (χ4v) is 8.61. The summed E-state index contributed by atoms with van der Waals surface area (Å²) in [7, 11) is 0. The minimum atomic E-state index is -0.124. The van der Waals surface area contributed by atoms with E-state index in [2.05, 4.69) is 169 Å². The second kappa shape index (κ2) is 11.1. The fraction of sp³-hybridized carbons (Fsp3) is 0.0612. The molecule has 4 nitrogen and oxygen atoms in total. The molecule has 0 unspecified atom stereocenters. The number of para-hydroxylation sites is 3. The van der Waals surface area contributed by atoms with E-state index in [4.69, 9.17) is 9.15 Å². The Bertz CT molecular complexity index is 2940. The van der Waals surface area contributed by atoms with Gasteiger partial charge in [0.25, 0.3) is 0 Å². The fourth-order valence-electron chi connectivity index (χ4n) is 8.61. The summed E-state index contributed by atoms with van der Waals surface area (Å²) in [6, 6.07) is 60.5. The Morgan fingerprint density at radius 2 is 1.15 bits per heavy atom. The molecule has 11 rings (SSSR count). The molecule has 53 heavy (non-hydrogen) atoms. The van der Waals surface area contributed by atoms with Crippen LogP contribution in [0.4, 0.5) is 34.1 Å². The standard InChI is InChI=1S/C49H34N2O2/c1-49(2)41-15-7-5-13-37(41)38-24-21-34(28-42(38)49)50(33-20-19-31-11-3-4-12-32(31)27-33)35-23-26-44-48(30-35)53-46-18-10-8-16-43(46)51(44)36-22-25-40-39-14-6-9-17-45(39)52-47(40)29-36/h3-30H,1-2H3. The van der Waals surface area contributed by atoms with E-state index in [1.54, 1.807) is 0 Å².